The molecule has 1 N–H and O–H groups in total. The van der Waals surface area contributed by atoms with Gasteiger partial charge in [0.25, 0.3) is 5.91 Å². The van der Waals surface area contributed by atoms with Crippen molar-refractivity contribution >= 4 is 17.3 Å². The van der Waals surface area contributed by atoms with E-state index in [0.29, 0.717) is 0 Å². The third kappa shape index (κ3) is 3.62. The summed E-state index contributed by atoms with van der Waals surface area (Å²) in [6, 6.07) is 7.80. The molecule has 0 fully saturated rings. The SMILES string of the molecule is COc1ccc(C(=O)Nc2ccccc2C(F)(F)F)cc1[N+](=O)[O-]. The van der Waals surface area contributed by atoms with Crippen LogP contribution < -0.4 is 10.1 Å². The number of nitrogens with one attached hydrogen (secondary N) is 1. The number of methoxy groups -OCH3 is 1. The first-order valence-corrected chi connectivity index (χ1v) is 6.54. The lowest BCUT2D eigenvalue weighted by atomic mass is 10.1. The molecule has 1 amide bonds. The Kier molecular flexibility index (Phi) is 4.72. The van der Waals surface area contributed by atoms with E-state index in [0.717, 1.165) is 18.2 Å². The number of benzene rings is 2. The Morgan fingerprint density at radius 2 is 1.88 bits per heavy atom. The zero-order valence-corrected chi connectivity index (χ0v) is 12.3. The maximum absolute atomic E-state index is 12.9. The van der Waals surface area contributed by atoms with E-state index < -0.39 is 33.9 Å². The topological polar surface area (TPSA) is 81.5 Å². The van der Waals surface area contributed by atoms with Gasteiger partial charge in [0.2, 0.25) is 0 Å². The lowest BCUT2D eigenvalue weighted by molar-refractivity contribution is -0.385. The quantitative estimate of drug-likeness (QED) is 0.676. The van der Waals surface area contributed by atoms with Gasteiger partial charge in [-0.1, -0.05) is 12.1 Å². The number of hydrogen-bond acceptors (Lipinski definition) is 4. The van der Waals surface area contributed by atoms with Gasteiger partial charge >= 0.3 is 11.9 Å². The zero-order chi connectivity index (χ0) is 17.9. The minimum absolute atomic E-state index is 0.0627. The molecular formula is C15H11F3N2O4. The molecule has 0 saturated carbocycles. The van der Waals surface area contributed by atoms with Crippen LogP contribution in [0, 0.1) is 10.1 Å². The number of rotatable bonds is 4. The number of ether oxygens (including phenoxy) is 1. The Labute approximate surface area is 134 Å². The largest absolute Gasteiger partial charge is 0.490 e. The Morgan fingerprint density at radius 3 is 2.46 bits per heavy atom. The number of nitrogens with zero attached hydrogens (tertiary/aromatic N) is 1. The molecule has 0 aliphatic rings. The van der Waals surface area contributed by atoms with E-state index >= 15 is 0 Å². The van der Waals surface area contributed by atoms with Crippen molar-refractivity contribution in [1.82, 2.24) is 0 Å². The van der Waals surface area contributed by atoms with Gasteiger partial charge in [-0.25, -0.2) is 0 Å². The maximum atomic E-state index is 12.9. The van der Waals surface area contributed by atoms with Crippen LogP contribution >= 0.6 is 0 Å². The van der Waals surface area contributed by atoms with Gasteiger partial charge in [0.05, 0.1) is 23.3 Å². The first kappa shape index (κ1) is 17.3. The number of para-hydroxylation sites is 1. The normalized spacial score (nSPS) is 11.0. The average molecular weight is 340 g/mol. The lowest BCUT2D eigenvalue weighted by Crippen LogP contribution is -2.16. The molecule has 126 valence electrons. The summed E-state index contributed by atoms with van der Waals surface area (Å²) in [5.74, 6) is -0.968. The molecule has 2 aromatic rings. The summed E-state index contributed by atoms with van der Waals surface area (Å²) in [5.41, 5.74) is -2.08. The number of nitro benzene ring substituents is 1. The summed E-state index contributed by atoms with van der Waals surface area (Å²) in [6.07, 6.45) is -4.64. The smallest absolute Gasteiger partial charge is 0.418 e. The fraction of sp³-hybridized carbons (Fsp3) is 0.133. The highest BCUT2D eigenvalue weighted by Gasteiger charge is 2.33. The maximum Gasteiger partial charge on any atom is 0.418 e. The molecule has 0 heterocycles. The van der Waals surface area contributed by atoms with Crippen molar-refractivity contribution in [2.24, 2.45) is 0 Å². The molecule has 24 heavy (non-hydrogen) atoms. The van der Waals surface area contributed by atoms with Crippen molar-refractivity contribution < 1.29 is 27.6 Å². The van der Waals surface area contributed by atoms with E-state index in [4.69, 9.17) is 4.74 Å². The first-order valence-electron chi connectivity index (χ1n) is 6.54. The number of carbonyl (C=O) groups excluding carboxylic acids is 1. The van der Waals surface area contributed by atoms with Crippen LogP contribution in [0.25, 0.3) is 0 Å². The van der Waals surface area contributed by atoms with Crippen molar-refractivity contribution in [3.63, 3.8) is 0 Å². The number of carbonyl (C=O) groups is 1. The van der Waals surface area contributed by atoms with Gasteiger partial charge in [-0.05, 0) is 24.3 Å². The van der Waals surface area contributed by atoms with Crippen LogP contribution in [0.15, 0.2) is 42.5 Å². The standard InChI is InChI=1S/C15H11F3N2O4/c1-24-13-7-6-9(8-12(13)20(22)23)14(21)19-11-5-3-2-4-10(11)15(16,17)18/h2-8H,1H3,(H,19,21). The van der Waals surface area contributed by atoms with Gasteiger partial charge < -0.3 is 10.1 Å². The third-order valence-electron chi connectivity index (χ3n) is 3.12. The molecule has 0 saturated heterocycles. The number of nitro groups is 1. The molecule has 0 atom stereocenters. The Balaban J connectivity index is 2.35. The van der Waals surface area contributed by atoms with Crippen LogP contribution in [0.3, 0.4) is 0 Å². The third-order valence-corrected chi connectivity index (χ3v) is 3.12. The van der Waals surface area contributed by atoms with Crippen LogP contribution in [0.2, 0.25) is 0 Å². The fourth-order valence-electron chi connectivity index (χ4n) is 2.01. The fourth-order valence-corrected chi connectivity index (χ4v) is 2.01. The van der Waals surface area contributed by atoms with Crippen LogP contribution in [-0.4, -0.2) is 17.9 Å². The molecule has 0 bridgehead atoms. The summed E-state index contributed by atoms with van der Waals surface area (Å²) in [7, 11) is 1.22. The molecule has 6 nitrogen and oxygen atoms in total. The summed E-state index contributed by atoms with van der Waals surface area (Å²) in [4.78, 5) is 22.3. The van der Waals surface area contributed by atoms with Crippen molar-refractivity contribution in [2.45, 2.75) is 6.18 Å². The molecule has 2 rings (SSSR count). The highest BCUT2D eigenvalue weighted by molar-refractivity contribution is 6.05. The molecule has 0 spiro atoms. The first-order chi connectivity index (χ1) is 11.2. The van der Waals surface area contributed by atoms with Gasteiger partial charge in [0.15, 0.2) is 5.75 Å². The monoisotopic (exact) mass is 340 g/mol. The number of halogens is 3. The van der Waals surface area contributed by atoms with Crippen LogP contribution in [0.1, 0.15) is 15.9 Å². The summed E-state index contributed by atoms with van der Waals surface area (Å²) in [5, 5.41) is 13.1. The van der Waals surface area contributed by atoms with Crippen molar-refractivity contribution in [3.8, 4) is 5.75 Å². The second-order valence-electron chi connectivity index (χ2n) is 4.64. The number of anilines is 1. The average Bonchev–Trinajstić information content (AvgIpc) is 2.53. The Morgan fingerprint density at radius 1 is 1.21 bits per heavy atom. The number of alkyl halides is 3. The second kappa shape index (κ2) is 6.57. The van der Waals surface area contributed by atoms with Crippen LogP contribution in [-0.2, 0) is 6.18 Å². The van der Waals surface area contributed by atoms with Gasteiger partial charge in [-0.2, -0.15) is 13.2 Å². The second-order valence-corrected chi connectivity index (χ2v) is 4.64. The van der Waals surface area contributed by atoms with E-state index in [1.165, 1.54) is 31.4 Å². The highest BCUT2D eigenvalue weighted by atomic mass is 19.4. The molecule has 0 radical (unpaired) electrons. The van der Waals surface area contributed by atoms with Gasteiger partial charge in [0, 0.05) is 11.6 Å². The Bertz CT molecular complexity index is 791. The van der Waals surface area contributed by atoms with Gasteiger partial charge in [0.1, 0.15) is 0 Å². The highest BCUT2D eigenvalue weighted by Crippen LogP contribution is 2.35. The van der Waals surface area contributed by atoms with E-state index in [1.807, 2.05) is 0 Å². The van der Waals surface area contributed by atoms with Gasteiger partial charge in [-0.15, -0.1) is 0 Å². The van der Waals surface area contributed by atoms with Crippen LogP contribution in [0.4, 0.5) is 24.5 Å². The minimum atomic E-state index is -4.64. The van der Waals surface area contributed by atoms with Gasteiger partial charge in [-0.3, -0.25) is 14.9 Å². The predicted molar refractivity (Wildman–Crippen MR) is 79.0 cm³/mol. The molecule has 0 aliphatic carbocycles. The molecule has 0 aromatic heterocycles. The van der Waals surface area contributed by atoms with Crippen LogP contribution in [0.5, 0.6) is 5.75 Å². The molecular weight excluding hydrogens is 329 g/mol. The van der Waals surface area contributed by atoms with E-state index in [9.17, 15) is 28.1 Å². The summed E-state index contributed by atoms with van der Waals surface area (Å²) in [6.45, 7) is 0. The molecule has 2 aromatic carbocycles. The Hall–Kier alpha value is -3.10. The summed E-state index contributed by atoms with van der Waals surface area (Å²) < 4.78 is 43.5. The lowest BCUT2D eigenvalue weighted by Gasteiger charge is -2.13. The van der Waals surface area contributed by atoms with E-state index in [2.05, 4.69) is 5.32 Å². The zero-order valence-electron chi connectivity index (χ0n) is 12.3. The van der Waals surface area contributed by atoms with E-state index in [-0.39, 0.29) is 11.3 Å². The molecule has 9 heteroatoms. The number of hydrogen-bond donors (Lipinski definition) is 1. The summed E-state index contributed by atoms with van der Waals surface area (Å²) >= 11 is 0. The van der Waals surface area contributed by atoms with Crippen molar-refractivity contribution in [1.29, 1.82) is 0 Å². The molecule has 0 unspecified atom stereocenters. The number of amides is 1. The predicted octanol–water partition coefficient (Wildman–Crippen LogP) is 3.87. The van der Waals surface area contributed by atoms with Crippen molar-refractivity contribution in [2.75, 3.05) is 12.4 Å². The minimum Gasteiger partial charge on any atom is -0.490 e. The molecule has 0 aliphatic heterocycles. The van der Waals surface area contributed by atoms with Crippen molar-refractivity contribution in [3.05, 3.63) is 63.7 Å². The van der Waals surface area contributed by atoms with E-state index in [1.54, 1.807) is 0 Å².